The van der Waals surface area contributed by atoms with E-state index in [4.69, 9.17) is 19.9 Å². The van der Waals surface area contributed by atoms with Crippen molar-refractivity contribution in [3.63, 3.8) is 0 Å². The number of phenols is 1. The monoisotopic (exact) mass is 821 g/mol. The van der Waals surface area contributed by atoms with Gasteiger partial charge >= 0.3 is 12.1 Å². The van der Waals surface area contributed by atoms with Crippen molar-refractivity contribution in [2.24, 2.45) is 17.6 Å². The summed E-state index contributed by atoms with van der Waals surface area (Å²) in [4.78, 5) is 83.5. The van der Waals surface area contributed by atoms with Crippen molar-refractivity contribution in [1.82, 2.24) is 9.80 Å². The van der Waals surface area contributed by atoms with E-state index < -0.39 is 101 Å². The van der Waals surface area contributed by atoms with E-state index in [2.05, 4.69) is 5.32 Å². The first kappa shape index (κ1) is 44.0. The van der Waals surface area contributed by atoms with Gasteiger partial charge in [-0.25, -0.2) is 9.59 Å². The Hall–Kier alpha value is -6.14. The Morgan fingerprint density at radius 2 is 1.63 bits per heavy atom. The minimum absolute atomic E-state index is 0.0237. The highest BCUT2D eigenvalue weighted by molar-refractivity contribution is 6.24. The summed E-state index contributed by atoms with van der Waals surface area (Å²) < 4.78 is 15.9. The zero-order valence-corrected chi connectivity index (χ0v) is 34.4. The lowest BCUT2D eigenvalue weighted by Crippen LogP contribution is -2.65. The minimum atomic E-state index is -2.83. The van der Waals surface area contributed by atoms with Crippen LogP contribution in [0.4, 0.5) is 16.2 Å². The van der Waals surface area contributed by atoms with E-state index in [1.165, 1.54) is 37.2 Å². The van der Waals surface area contributed by atoms with Gasteiger partial charge in [-0.2, -0.15) is 0 Å². The second-order valence-electron chi connectivity index (χ2n) is 16.5. The fourth-order valence-corrected chi connectivity index (χ4v) is 7.93. The highest BCUT2D eigenvalue weighted by Gasteiger charge is 2.64. The van der Waals surface area contributed by atoms with Crippen LogP contribution in [0.3, 0.4) is 0 Å². The molecule has 0 spiro atoms. The summed E-state index contributed by atoms with van der Waals surface area (Å²) in [5, 5.41) is 49.1. The number of likely N-dealkylation sites (N-methyl/N-ethyl adjacent to an activating group) is 1. The standard InChI is InChI=1S/C41H51N5O13/c1-19(2)59-22-12-10-20(11-13-22)38(54)57-18-58-39(55)46(40(3,4)5)17-27(47)43-25-16-26(44(6)7)23-14-21-15-24-31(45(8)9)34(50)30(37(42)53)36(52)41(24,56)35(51)28(21)33(49)29(23)32(25)48/h10-13,16,19,21,24,31,48-49,52,56H,14-15,17-18H2,1-9H3,(H2,42,53)(H,43,47)/t21-,24-,31-,41-/m0/s1. The molecule has 5 rings (SSSR count). The number of phenolic OH excluding ortho intramolecular Hbond substituents is 1. The summed E-state index contributed by atoms with van der Waals surface area (Å²) in [7, 11) is 6.38. The number of Topliss-reactive ketones (excluding diaryl/α,β-unsaturated/α-hetero) is 2. The number of nitrogens with two attached hydrogens (primary N) is 1. The number of primary amides is 1. The molecule has 0 aliphatic heterocycles. The predicted molar refractivity (Wildman–Crippen MR) is 213 cm³/mol. The van der Waals surface area contributed by atoms with Gasteiger partial charge in [-0.3, -0.25) is 29.0 Å². The SMILES string of the molecule is CC(C)Oc1ccc(C(=O)OCOC(=O)N(CC(=O)Nc2cc(N(C)C)c3c(c2O)C(O)=C2C(=O)[C@]4(O)C(O)=C(C(N)=O)C(=O)[C@@H](N(C)C)[C@@H]4C[C@@H]2C3)C(C)(C)C)cc1. The number of nitrogens with zero attached hydrogens (tertiary/aromatic N) is 3. The number of benzene rings is 2. The molecule has 3 aliphatic carbocycles. The first-order valence-corrected chi connectivity index (χ1v) is 18.8. The average molecular weight is 822 g/mol. The molecule has 318 valence electrons. The predicted octanol–water partition coefficient (Wildman–Crippen LogP) is 2.81. The first-order valence-electron chi connectivity index (χ1n) is 18.8. The van der Waals surface area contributed by atoms with Crippen molar-refractivity contribution in [3.05, 3.63) is 63.9 Å². The Morgan fingerprint density at radius 3 is 2.17 bits per heavy atom. The summed E-state index contributed by atoms with van der Waals surface area (Å²) >= 11 is 0. The number of hydrogen-bond acceptors (Lipinski definition) is 15. The van der Waals surface area contributed by atoms with Gasteiger partial charge in [-0.15, -0.1) is 0 Å². The highest BCUT2D eigenvalue weighted by Crippen LogP contribution is 2.54. The van der Waals surface area contributed by atoms with Gasteiger partial charge in [0.2, 0.25) is 18.5 Å². The van der Waals surface area contributed by atoms with E-state index >= 15 is 0 Å². The third kappa shape index (κ3) is 8.14. The van der Waals surface area contributed by atoms with Gasteiger partial charge in [0.1, 0.15) is 35.1 Å². The molecule has 0 bridgehead atoms. The van der Waals surface area contributed by atoms with Gasteiger partial charge in [0.15, 0.2) is 11.4 Å². The molecule has 2 aromatic rings. The molecule has 0 heterocycles. The zero-order valence-electron chi connectivity index (χ0n) is 34.4. The van der Waals surface area contributed by atoms with Crippen LogP contribution in [0.2, 0.25) is 0 Å². The maximum absolute atomic E-state index is 14.3. The third-order valence-corrected chi connectivity index (χ3v) is 10.6. The molecule has 7 N–H and O–H groups in total. The molecule has 4 atom stereocenters. The molecule has 59 heavy (non-hydrogen) atoms. The van der Waals surface area contributed by atoms with Gasteiger partial charge in [0.05, 0.1) is 29.0 Å². The zero-order chi connectivity index (χ0) is 44.0. The number of ether oxygens (including phenoxy) is 3. The number of ketones is 2. The molecule has 3 aliphatic rings. The van der Waals surface area contributed by atoms with E-state index in [0.717, 1.165) is 4.90 Å². The molecule has 0 aromatic heterocycles. The number of esters is 1. The van der Waals surface area contributed by atoms with Crippen LogP contribution in [0.15, 0.2) is 47.2 Å². The van der Waals surface area contributed by atoms with E-state index in [-0.39, 0.29) is 41.3 Å². The van der Waals surface area contributed by atoms with Crippen LogP contribution >= 0.6 is 0 Å². The number of hydrogen-bond donors (Lipinski definition) is 6. The summed E-state index contributed by atoms with van der Waals surface area (Å²) in [5.74, 6) is -9.07. The van der Waals surface area contributed by atoms with Crippen molar-refractivity contribution < 1.29 is 63.4 Å². The van der Waals surface area contributed by atoms with Crippen LogP contribution in [0.1, 0.15) is 62.5 Å². The van der Waals surface area contributed by atoms with Crippen LogP contribution in [0, 0.1) is 11.8 Å². The molecule has 1 saturated carbocycles. The number of amides is 3. The topological polar surface area (TPSA) is 259 Å². The maximum Gasteiger partial charge on any atom is 0.413 e. The summed E-state index contributed by atoms with van der Waals surface area (Å²) in [5.41, 5.74) is 0.840. The second-order valence-corrected chi connectivity index (χ2v) is 16.5. The van der Waals surface area contributed by atoms with Crippen molar-refractivity contribution in [1.29, 1.82) is 0 Å². The Balaban J connectivity index is 1.40. The number of anilines is 2. The third-order valence-electron chi connectivity index (χ3n) is 10.6. The van der Waals surface area contributed by atoms with E-state index in [0.29, 0.717) is 17.0 Å². The number of aliphatic hydroxyl groups is 3. The lowest BCUT2D eigenvalue weighted by molar-refractivity contribution is -0.153. The average Bonchev–Trinajstić information content (AvgIpc) is 3.12. The van der Waals surface area contributed by atoms with Crippen LogP contribution in [-0.2, 0) is 35.1 Å². The number of carbonyl (C=O) groups excluding carboxylic acids is 6. The Bertz CT molecular complexity index is 2150. The van der Waals surface area contributed by atoms with Crippen molar-refractivity contribution in [3.8, 4) is 11.5 Å². The molecule has 0 unspecified atom stereocenters. The largest absolute Gasteiger partial charge is 0.508 e. The number of carbonyl (C=O) groups is 6. The Labute approximate surface area is 340 Å². The Morgan fingerprint density at radius 1 is 1.00 bits per heavy atom. The van der Waals surface area contributed by atoms with Gasteiger partial charge in [0.25, 0.3) is 5.91 Å². The number of rotatable bonds is 11. The molecular formula is C41H51N5O13. The fraction of sp³-hybridized carbons (Fsp3) is 0.463. The lowest BCUT2D eigenvalue weighted by atomic mass is 9.57. The van der Waals surface area contributed by atoms with Crippen LogP contribution in [-0.4, -0.2) is 130 Å². The fourth-order valence-electron chi connectivity index (χ4n) is 7.93. The van der Waals surface area contributed by atoms with Crippen LogP contribution in [0.5, 0.6) is 11.5 Å². The lowest BCUT2D eigenvalue weighted by Gasteiger charge is -2.50. The first-order chi connectivity index (χ1) is 27.4. The van der Waals surface area contributed by atoms with Gasteiger partial charge in [0, 0.05) is 36.8 Å². The number of aromatic hydroxyl groups is 1. The normalized spacial score (nSPS) is 21.4. The quantitative estimate of drug-likeness (QED) is 0.0825. The second kappa shape index (κ2) is 16.2. The van der Waals surface area contributed by atoms with Crippen molar-refractivity contribution in [2.45, 2.75) is 70.7 Å². The van der Waals surface area contributed by atoms with E-state index in [9.17, 15) is 49.2 Å². The molecular weight excluding hydrogens is 770 g/mol. The number of aliphatic hydroxyl groups excluding tert-OH is 2. The highest BCUT2D eigenvalue weighted by atomic mass is 16.7. The van der Waals surface area contributed by atoms with Crippen molar-refractivity contribution in [2.75, 3.05) is 51.7 Å². The summed E-state index contributed by atoms with van der Waals surface area (Å²) in [6.45, 7) is 7.26. The molecule has 2 aromatic carbocycles. The smallest absolute Gasteiger partial charge is 0.413 e. The van der Waals surface area contributed by atoms with Gasteiger partial charge in [-0.05, 0) is 103 Å². The van der Waals surface area contributed by atoms with Gasteiger partial charge in [-0.1, -0.05) is 0 Å². The molecule has 18 heteroatoms. The molecule has 0 saturated heterocycles. The number of fused-ring (bicyclic) bond motifs is 3. The van der Waals surface area contributed by atoms with Crippen molar-refractivity contribution >= 4 is 52.6 Å². The van der Waals surface area contributed by atoms with Gasteiger partial charge < -0.3 is 50.6 Å². The number of nitrogens with one attached hydrogen (secondary N) is 1. The minimum Gasteiger partial charge on any atom is -0.508 e. The molecule has 0 radical (unpaired) electrons. The van der Waals surface area contributed by atoms with Crippen LogP contribution < -0.4 is 20.7 Å². The Kier molecular flexibility index (Phi) is 12.1. The molecule has 18 nitrogen and oxygen atoms in total. The maximum atomic E-state index is 14.3. The molecule has 1 fully saturated rings. The summed E-state index contributed by atoms with van der Waals surface area (Å²) in [6, 6.07) is 6.40. The van der Waals surface area contributed by atoms with E-state index in [1.54, 1.807) is 51.9 Å². The summed E-state index contributed by atoms with van der Waals surface area (Å²) in [6.07, 6.45) is -1.14. The molecule has 3 amide bonds. The van der Waals surface area contributed by atoms with Crippen LogP contribution in [0.25, 0.3) is 5.76 Å². The van der Waals surface area contributed by atoms with E-state index in [1.807, 2.05) is 13.8 Å².